The van der Waals surface area contributed by atoms with E-state index >= 15 is 0 Å². The summed E-state index contributed by atoms with van der Waals surface area (Å²) in [5.74, 6) is 6.22. The standard InChI is InChI=1S/C14H18N6O/c1-8(2)12-17-7-10(20-15)11(18-12)14(21)19-13-9(3)5-4-6-16-13/h4-8,20H,15H2,1-3H3,(H,16,19,21). The van der Waals surface area contributed by atoms with Crippen LogP contribution in [0, 0.1) is 6.92 Å². The van der Waals surface area contributed by atoms with E-state index in [1.54, 1.807) is 12.3 Å². The molecular weight excluding hydrogens is 268 g/mol. The first-order valence-corrected chi connectivity index (χ1v) is 6.59. The van der Waals surface area contributed by atoms with Crippen LogP contribution in [0.15, 0.2) is 24.5 Å². The number of carbonyl (C=O) groups excluding carboxylic acids is 1. The number of aromatic nitrogens is 3. The normalized spacial score (nSPS) is 10.5. The summed E-state index contributed by atoms with van der Waals surface area (Å²) in [5.41, 5.74) is 3.87. The van der Waals surface area contributed by atoms with Crippen LogP contribution in [0.5, 0.6) is 0 Å². The summed E-state index contributed by atoms with van der Waals surface area (Å²) in [6, 6.07) is 3.67. The predicted octanol–water partition coefficient (Wildman–Crippen LogP) is 1.84. The smallest absolute Gasteiger partial charge is 0.277 e. The molecule has 0 aliphatic heterocycles. The molecule has 0 saturated heterocycles. The summed E-state index contributed by atoms with van der Waals surface area (Å²) in [5, 5.41) is 2.73. The Morgan fingerprint density at radius 2 is 2.10 bits per heavy atom. The molecule has 0 unspecified atom stereocenters. The maximum Gasteiger partial charge on any atom is 0.277 e. The van der Waals surface area contributed by atoms with Crippen molar-refractivity contribution < 1.29 is 4.79 Å². The molecule has 0 atom stereocenters. The second-order valence-corrected chi connectivity index (χ2v) is 4.91. The molecule has 0 fully saturated rings. The van der Waals surface area contributed by atoms with Crippen molar-refractivity contribution in [1.82, 2.24) is 15.0 Å². The summed E-state index contributed by atoms with van der Waals surface area (Å²) < 4.78 is 0. The lowest BCUT2D eigenvalue weighted by atomic mass is 10.2. The highest BCUT2D eigenvalue weighted by atomic mass is 16.2. The van der Waals surface area contributed by atoms with E-state index in [0.29, 0.717) is 17.3 Å². The highest BCUT2D eigenvalue weighted by Crippen LogP contribution is 2.17. The van der Waals surface area contributed by atoms with Gasteiger partial charge in [0.15, 0.2) is 5.69 Å². The average Bonchev–Trinajstić information content (AvgIpc) is 2.48. The Labute approximate surface area is 123 Å². The Bertz CT molecular complexity index is 656. The first kappa shape index (κ1) is 14.9. The number of amides is 1. The van der Waals surface area contributed by atoms with Gasteiger partial charge in [0.05, 0.1) is 11.9 Å². The zero-order chi connectivity index (χ0) is 15.4. The molecule has 1 amide bonds. The fourth-order valence-corrected chi connectivity index (χ4v) is 1.74. The first-order chi connectivity index (χ1) is 10.0. The fourth-order valence-electron chi connectivity index (χ4n) is 1.74. The van der Waals surface area contributed by atoms with Crippen molar-refractivity contribution in [3.8, 4) is 0 Å². The summed E-state index contributed by atoms with van der Waals surface area (Å²) in [6.07, 6.45) is 3.12. The highest BCUT2D eigenvalue weighted by molar-refractivity contribution is 6.06. The molecule has 0 aliphatic carbocycles. The van der Waals surface area contributed by atoms with Crippen LogP contribution < -0.4 is 16.6 Å². The van der Waals surface area contributed by atoms with Gasteiger partial charge in [-0.2, -0.15) is 0 Å². The van der Waals surface area contributed by atoms with Crippen LogP contribution >= 0.6 is 0 Å². The van der Waals surface area contributed by atoms with E-state index in [9.17, 15) is 4.79 Å². The van der Waals surface area contributed by atoms with Gasteiger partial charge < -0.3 is 10.7 Å². The third-order valence-electron chi connectivity index (χ3n) is 2.94. The number of pyridine rings is 1. The van der Waals surface area contributed by atoms with Gasteiger partial charge >= 0.3 is 0 Å². The van der Waals surface area contributed by atoms with Gasteiger partial charge in [0, 0.05) is 12.1 Å². The predicted molar refractivity (Wildman–Crippen MR) is 80.9 cm³/mol. The van der Waals surface area contributed by atoms with Crippen molar-refractivity contribution >= 4 is 17.4 Å². The van der Waals surface area contributed by atoms with Crippen LogP contribution in [0.4, 0.5) is 11.5 Å². The number of carbonyl (C=O) groups is 1. The second-order valence-electron chi connectivity index (χ2n) is 4.91. The average molecular weight is 286 g/mol. The summed E-state index contributed by atoms with van der Waals surface area (Å²) in [7, 11) is 0. The van der Waals surface area contributed by atoms with Crippen molar-refractivity contribution in [2.75, 3.05) is 10.7 Å². The molecule has 0 bridgehead atoms. The molecule has 4 N–H and O–H groups in total. The fraction of sp³-hybridized carbons (Fsp3) is 0.286. The number of nitrogens with two attached hydrogens (primary N) is 1. The molecule has 2 aromatic heterocycles. The number of nitrogens with one attached hydrogen (secondary N) is 2. The third kappa shape index (κ3) is 3.32. The van der Waals surface area contributed by atoms with E-state index < -0.39 is 0 Å². The Morgan fingerprint density at radius 3 is 2.71 bits per heavy atom. The molecule has 0 saturated carbocycles. The number of nitrogens with zero attached hydrogens (tertiary/aromatic N) is 3. The minimum Gasteiger partial charge on any atom is -0.321 e. The van der Waals surface area contributed by atoms with Crippen LogP contribution in [0.2, 0.25) is 0 Å². The number of hydrogen-bond donors (Lipinski definition) is 3. The van der Waals surface area contributed by atoms with Gasteiger partial charge in [-0.15, -0.1) is 0 Å². The van der Waals surface area contributed by atoms with Gasteiger partial charge in [0.2, 0.25) is 0 Å². The number of anilines is 2. The van der Waals surface area contributed by atoms with E-state index in [4.69, 9.17) is 5.84 Å². The topological polar surface area (TPSA) is 106 Å². The number of aryl methyl sites for hydroxylation is 1. The zero-order valence-electron chi connectivity index (χ0n) is 12.2. The lowest BCUT2D eigenvalue weighted by Gasteiger charge is -2.12. The van der Waals surface area contributed by atoms with Crippen molar-refractivity contribution in [3.05, 3.63) is 41.6 Å². The van der Waals surface area contributed by atoms with Gasteiger partial charge in [-0.25, -0.2) is 15.0 Å². The lowest BCUT2D eigenvalue weighted by Crippen LogP contribution is -2.21. The van der Waals surface area contributed by atoms with Crippen molar-refractivity contribution in [3.63, 3.8) is 0 Å². The third-order valence-corrected chi connectivity index (χ3v) is 2.94. The zero-order valence-corrected chi connectivity index (χ0v) is 12.2. The number of nitrogen functional groups attached to an aromatic ring is 1. The summed E-state index contributed by atoms with van der Waals surface area (Å²) in [4.78, 5) is 25.0. The van der Waals surface area contributed by atoms with Crippen molar-refractivity contribution in [2.24, 2.45) is 5.84 Å². The van der Waals surface area contributed by atoms with Gasteiger partial charge in [-0.05, 0) is 18.6 Å². The van der Waals surface area contributed by atoms with Gasteiger partial charge in [0.1, 0.15) is 11.6 Å². The molecule has 21 heavy (non-hydrogen) atoms. The van der Waals surface area contributed by atoms with E-state index in [1.807, 2.05) is 26.8 Å². The van der Waals surface area contributed by atoms with E-state index in [1.165, 1.54) is 6.20 Å². The van der Waals surface area contributed by atoms with Gasteiger partial charge in [-0.3, -0.25) is 10.6 Å². The monoisotopic (exact) mass is 286 g/mol. The minimum absolute atomic E-state index is 0.111. The van der Waals surface area contributed by atoms with Crippen LogP contribution in [-0.2, 0) is 0 Å². The van der Waals surface area contributed by atoms with Crippen LogP contribution in [0.3, 0.4) is 0 Å². The van der Waals surface area contributed by atoms with Gasteiger partial charge in [0.25, 0.3) is 5.91 Å². The second kappa shape index (κ2) is 6.27. The molecule has 2 aromatic rings. The molecule has 2 rings (SSSR count). The minimum atomic E-state index is -0.381. The molecule has 0 aliphatic rings. The van der Waals surface area contributed by atoms with Gasteiger partial charge in [-0.1, -0.05) is 19.9 Å². The lowest BCUT2D eigenvalue weighted by molar-refractivity contribution is 0.102. The van der Waals surface area contributed by atoms with Crippen LogP contribution in [0.1, 0.15) is 41.6 Å². The summed E-state index contributed by atoms with van der Waals surface area (Å²) in [6.45, 7) is 5.77. The van der Waals surface area contributed by atoms with E-state index in [0.717, 1.165) is 5.56 Å². The summed E-state index contributed by atoms with van der Waals surface area (Å²) >= 11 is 0. The van der Waals surface area contributed by atoms with E-state index in [2.05, 4.69) is 25.7 Å². The molecule has 2 heterocycles. The maximum atomic E-state index is 12.4. The van der Waals surface area contributed by atoms with Crippen LogP contribution in [-0.4, -0.2) is 20.9 Å². The number of hydrogen-bond acceptors (Lipinski definition) is 6. The molecule has 0 spiro atoms. The Morgan fingerprint density at radius 1 is 1.33 bits per heavy atom. The Kier molecular flexibility index (Phi) is 4.44. The Hall–Kier alpha value is -2.54. The molecule has 0 aromatic carbocycles. The van der Waals surface area contributed by atoms with E-state index in [-0.39, 0.29) is 17.5 Å². The SMILES string of the molecule is Cc1cccnc1NC(=O)c1nc(C(C)C)ncc1NN. The highest BCUT2D eigenvalue weighted by Gasteiger charge is 2.17. The van der Waals surface area contributed by atoms with Crippen LogP contribution in [0.25, 0.3) is 0 Å². The van der Waals surface area contributed by atoms with Crippen molar-refractivity contribution in [2.45, 2.75) is 26.7 Å². The molecule has 110 valence electrons. The quantitative estimate of drug-likeness (QED) is 0.585. The molecule has 7 heteroatoms. The van der Waals surface area contributed by atoms with Crippen molar-refractivity contribution in [1.29, 1.82) is 0 Å². The number of rotatable bonds is 4. The molecular formula is C14H18N6O. The Balaban J connectivity index is 2.34. The maximum absolute atomic E-state index is 12.4. The molecule has 7 nitrogen and oxygen atoms in total. The first-order valence-electron chi connectivity index (χ1n) is 6.59. The largest absolute Gasteiger partial charge is 0.321 e. The number of hydrazine groups is 1. The molecule has 0 radical (unpaired) electrons.